The van der Waals surface area contributed by atoms with E-state index in [0.29, 0.717) is 28.1 Å². The van der Waals surface area contributed by atoms with Crippen LogP contribution in [0.25, 0.3) is 11.5 Å². The number of aromatic nitrogens is 2. The summed E-state index contributed by atoms with van der Waals surface area (Å²) in [5.41, 5.74) is 1.29. The van der Waals surface area contributed by atoms with Crippen LogP contribution in [-0.4, -0.2) is 10.2 Å². The molecule has 0 radical (unpaired) electrons. The van der Waals surface area contributed by atoms with Gasteiger partial charge in [0.1, 0.15) is 5.75 Å². The van der Waals surface area contributed by atoms with Crippen LogP contribution in [0, 0.1) is 11.3 Å². The predicted octanol–water partition coefficient (Wildman–Crippen LogP) is 4.60. The van der Waals surface area contributed by atoms with Crippen LogP contribution in [0.2, 0.25) is 5.02 Å². The average Bonchev–Trinajstić information content (AvgIpc) is 3.03. The van der Waals surface area contributed by atoms with Crippen LogP contribution in [0.3, 0.4) is 0 Å². The Hall–Kier alpha value is -2.36. The van der Waals surface area contributed by atoms with Crippen molar-refractivity contribution in [2.75, 3.05) is 0 Å². The van der Waals surface area contributed by atoms with Crippen molar-refractivity contribution in [2.45, 2.75) is 6.61 Å². The molecule has 0 bridgehead atoms. The van der Waals surface area contributed by atoms with Crippen molar-refractivity contribution in [3.8, 4) is 23.3 Å². The second-order valence-corrected chi connectivity index (χ2v) is 5.88. The molecule has 1 heterocycles. The van der Waals surface area contributed by atoms with Gasteiger partial charge in [-0.15, -0.1) is 10.2 Å². The molecule has 3 rings (SSSR count). The highest BCUT2D eigenvalue weighted by molar-refractivity contribution is 9.10. The Morgan fingerprint density at radius 3 is 2.65 bits per heavy atom. The minimum Gasteiger partial charge on any atom is -0.482 e. The molecule has 7 heteroatoms. The highest BCUT2D eigenvalue weighted by atomic mass is 79.9. The van der Waals surface area contributed by atoms with Crippen LogP contribution in [0.4, 0.5) is 0 Å². The molecule has 1 aromatic heterocycles. The zero-order valence-corrected chi connectivity index (χ0v) is 14.0. The summed E-state index contributed by atoms with van der Waals surface area (Å²) >= 11 is 9.41. The largest absolute Gasteiger partial charge is 0.482 e. The molecule has 2 aromatic carbocycles. The summed E-state index contributed by atoms with van der Waals surface area (Å²) in [4.78, 5) is 0. The highest BCUT2D eigenvalue weighted by Gasteiger charge is 2.10. The Balaban J connectivity index is 1.70. The first-order valence-electron chi connectivity index (χ1n) is 6.56. The van der Waals surface area contributed by atoms with Gasteiger partial charge in [0.2, 0.25) is 5.89 Å². The summed E-state index contributed by atoms with van der Waals surface area (Å²) in [7, 11) is 0. The topological polar surface area (TPSA) is 71.9 Å². The van der Waals surface area contributed by atoms with E-state index in [1.807, 2.05) is 30.3 Å². The van der Waals surface area contributed by atoms with Gasteiger partial charge in [-0.1, -0.05) is 27.5 Å². The molecule has 0 amide bonds. The number of hydrogen-bond donors (Lipinski definition) is 0. The van der Waals surface area contributed by atoms with Crippen molar-refractivity contribution in [1.82, 2.24) is 10.2 Å². The number of benzene rings is 2. The summed E-state index contributed by atoms with van der Waals surface area (Å²) in [5, 5.41) is 17.1. The van der Waals surface area contributed by atoms with E-state index in [4.69, 9.17) is 26.0 Å². The van der Waals surface area contributed by atoms with E-state index in [2.05, 4.69) is 26.1 Å². The number of ether oxygens (including phenoxy) is 1. The normalized spacial score (nSPS) is 10.3. The molecule has 0 saturated carbocycles. The third-order valence-corrected chi connectivity index (χ3v) is 3.79. The summed E-state index contributed by atoms with van der Waals surface area (Å²) in [5.74, 6) is 1.21. The molecular formula is C16H9BrClN3O2. The Morgan fingerprint density at radius 1 is 1.17 bits per heavy atom. The first kappa shape index (κ1) is 15.5. The van der Waals surface area contributed by atoms with Crippen LogP contribution >= 0.6 is 27.5 Å². The van der Waals surface area contributed by atoms with Crippen LogP contribution < -0.4 is 4.74 Å². The lowest BCUT2D eigenvalue weighted by Gasteiger charge is -2.05. The predicted molar refractivity (Wildman–Crippen MR) is 87.9 cm³/mol. The van der Waals surface area contributed by atoms with Crippen molar-refractivity contribution in [1.29, 1.82) is 5.26 Å². The molecule has 0 aliphatic heterocycles. The number of halogens is 2. The van der Waals surface area contributed by atoms with E-state index >= 15 is 0 Å². The maximum absolute atomic E-state index is 8.80. The lowest BCUT2D eigenvalue weighted by atomic mass is 10.2. The van der Waals surface area contributed by atoms with Gasteiger partial charge in [0.25, 0.3) is 5.89 Å². The van der Waals surface area contributed by atoms with Gasteiger partial charge in [0, 0.05) is 10.0 Å². The molecule has 0 unspecified atom stereocenters. The van der Waals surface area contributed by atoms with E-state index in [-0.39, 0.29) is 6.61 Å². The molecule has 0 aliphatic carbocycles. The van der Waals surface area contributed by atoms with Gasteiger partial charge in [0.15, 0.2) is 6.61 Å². The van der Waals surface area contributed by atoms with Crippen LogP contribution in [-0.2, 0) is 6.61 Å². The zero-order valence-electron chi connectivity index (χ0n) is 11.7. The van der Waals surface area contributed by atoms with Crippen molar-refractivity contribution in [3.05, 3.63) is 63.4 Å². The fourth-order valence-corrected chi connectivity index (χ4v) is 2.35. The van der Waals surface area contributed by atoms with Crippen LogP contribution in [0.5, 0.6) is 5.75 Å². The van der Waals surface area contributed by atoms with Crippen molar-refractivity contribution in [3.63, 3.8) is 0 Å². The Bertz CT molecular complexity index is 872. The number of hydrogen-bond acceptors (Lipinski definition) is 5. The summed E-state index contributed by atoms with van der Waals surface area (Å²) in [6, 6.07) is 14.3. The minimum atomic E-state index is 0.0924. The van der Waals surface area contributed by atoms with Gasteiger partial charge < -0.3 is 9.15 Å². The zero-order chi connectivity index (χ0) is 16.2. The van der Waals surface area contributed by atoms with Crippen molar-refractivity contribution in [2.24, 2.45) is 0 Å². The molecule has 23 heavy (non-hydrogen) atoms. The van der Waals surface area contributed by atoms with Crippen LogP contribution in [0.1, 0.15) is 11.5 Å². The minimum absolute atomic E-state index is 0.0924. The molecule has 0 saturated heterocycles. The van der Waals surface area contributed by atoms with Gasteiger partial charge in [-0.2, -0.15) is 5.26 Å². The SMILES string of the molecule is N#Cc1ccc(OCc2nnc(-c3ccc(Br)cc3)o2)c(Cl)c1. The van der Waals surface area contributed by atoms with Crippen LogP contribution in [0.15, 0.2) is 51.4 Å². The van der Waals surface area contributed by atoms with Gasteiger partial charge >= 0.3 is 0 Å². The maximum Gasteiger partial charge on any atom is 0.254 e. The second-order valence-electron chi connectivity index (χ2n) is 4.55. The van der Waals surface area contributed by atoms with E-state index in [1.54, 1.807) is 12.1 Å². The lowest BCUT2D eigenvalue weighted by Crippen LogP contribution is -1.96. The monoisotopic (exact) mass is 389 g/mol. The summed E-state index contributed by atoms with van der Waals surface area (Å²) < 4.78 is 12.1. The van der Waals surface area contributed by atoms with Gasteiger partial charge in [-0.25, -0.2) is 0 Å². The molecular weight excluding hydrogens is 382 g/mol. The first-order valence-corrected chi connectivity index (χ1v) is 7.73. The lowest BCUT2D eigenvalue weighted by molar-refractivity contribution is 0.264. The Kier molecular flexibility index (Phi) is 4.60. The van der Waals surface area contributed by atoms with E-state index < -0.39 is 0 Å². The maximum atomic E-state index is 8.80. The van der Waals surface area contributed by atoms with E-state index in [1.165, 1.54) is 6.07 Å². The van der Waals surface area contributed by atoms with Gasteiger partial charge in [0.05, 0.1) is 16.7 Å². The summed E-state index contributed by atoms with van der Waals surface area (Å²) in [6.45, 7) is 0.0924. The highest BCUT2D eigenvalue weighted by Crippen LogP contribution is 2.26. The number of rotatable bonds is 4. The molecule has 3 aromatic rings. The van der Waals surface area contributed by atoms with E-state index in [0.717, 1.165) is 10.0 Å². The molecule has 0 N–H and O–H groups in total. The summed E-state index contributed by atoms with van der Waals surface area (Å²) in [6.07, 6.45) is 0. The third-order valence-electron chi connectivity index (χ3n) is 2.97. The van der Waals surface area contributed by atoms with Crippen molar-refractivity contribution < 1.29 is 9.15 Å². The molecule has 0 fully saturated rings. The third kappa shape index (κ3) is 3.70. The second kappa shape index (κ2) is 6.82. The molecule has 0 atom stereocenters. The molecule has 0 aliphatic rings. The fraction of sp³-hybridized carbons (Fsp3) is 0.0625. The standard InChI is InChI=1S/C16H9BrClN3O2/c17-12-4-2-11(3-5-12)16-21-20-15(23-16)9-22-14-6-1-10(8-19)7-13(14)18/h1-7H,9H2. The molecule has 5 nitrogen and oxygen atoms in total. The van der Waals surface area contributed by atoms with Crippen molar-refractivity contribution >= 4 is 27.5 Å². The fourth-order valence-electron chi connectivity index (χ4n) is 1.85. The average molecular weight is 391 g/mol. The van der Waals surface area contributed by atoms with E-state index in [9.17, 15) is 0 Å². The molecule has 0 spiro atoms. The quantitative estimate of drug-likeness (QED) is 0.651. The Morgan fingerprint density at radius 2 is 1.96 bits per heavy atom. The van der Waals surface area contributed by atoms with Gasteiger partial charge in [-0.3, -0.25) is 0 Å². The Labute approximate surface area is 145 Å². The first-order chi connectivity index (χ1) is 11.2. The number of nitriles is 1. The smallest absolute Gasteiger partial charge is 0.254 e. The number of nitrogens with zero attached hydrogens (tertiary/aromatic N) is 3. The van der Waals surface area contributed by atoms with Gasteiger partial charge in [-0.05, 0) is 42.5 Å². The molecule has 114 valence electrons.